The number of likely N-dealkylation sites (N-methyl/N-ethyl adjacent to an activating group) is 2. The summed E-state index contributed by atoms with van der Waals surface area (Å²) < 4.78 is 5.30. The molecule has 0 saturated carbocycles. The molecular weight excluding hydrogens is 214 g/mol. The van der Waals surface area contributed by atoms with Crippen molar-refractivity contribution < 1.29 is 4.74 Å². The van der Waals surface area contributed by atoms with Crippen molar-refractivity contribution in [3.05, 3.63) is 0 Å². The van der Waals surface area contributed by atoms with Crippen LogP contribution >= 0.6 is 0 Å². The number of likely N-dealkylation sites (tertiary alicyclic amines) is 1. The molecule has 17 heavy (non-hydrogen) atoms. The van der Waals surface area contributed by atoms with Gasteiger partial charge in [0.05, 0.1) is 12.1 Å². The first-order valence-electron chi connectivity index (χ1n) is 6.71. The number of hydrogen-bond donors (Lipinski definition) is 1. The van der Waals surface area contributed by atoms with E-state index in [4.69, 9.17) is 10.5 Å². The Hall–Kier alpha value is -0.160. The van der Waals surface area contributed by atoms with E-state index in [9.17, 15) is 0 Å². The molecule has 1 saturated heterocycles. The van der Waals surface area contributed by atoms with E-state index in [0.717, 1.165) is 13.1 Å². The average Bonchev–Trinajstić information content (AvgIpc) is 2.76. The minimum absolute atomic E-state index is 0.0449. The summed E-state index contributed by atoms with van der Waals surface area (Å²) in [6.45, 7) is 9.25. The van der Waals surface area contributed by atoms with Crippen molar-refractivity contribution in [1.82, 2.24) is 9.80 Å². The molecule has 0 aromatic carbocycles. The second kappa shape index (κ2) is 6.69. The number of ether oxygens (including phenoxy) is 1. The summed E-state index contributed by atoms with van der Waals surface area (Å²) in [5.41, 5.74) is 5.86. The highest BCUT2D eigenvalue weighted by Crippen LogP contribution is 2.20. The molecule has 0 spiro atoms. The molecule has 1 rings (SSSR count). The number of nitrogens with zero attached hydrogens (tertiary/aromatic N) is 2. The van der Waals surface area contributed by atoms with E-state index in [1.165, 1.54) is 19.4 Å². The van der Waals surface area contributed by atoms with Gasteiger partial charge in [0.1, 0.15) is 0 Å². The predicted octanol–water partition coefficient (Wildman–Crippen LogP) is 0.766. The monoisotopic (exact) mass is 243 g/mol. The van der Waals surface area contributed by atoms with Crippen molar-refractivity contribution in [2.45, 2.75) is 38.3 Å². The largest absolute Gasteiger partial charge is 0.383 e. The molecule has 0 aromatic heterocycles. The molecule has 0 aliphatic carbocycles. The first-order chi connectivity index (χ1) is 8.07. The molecule has 2 N–H and O–H groups in total. The van der Waals surface area contributed by atoms with Gasteiger partial charge in [0.2, 0.25) is 0 Å². The molecule has 2 atom stereocenters. The first-order valence-corrected chi connectivity index (χ1v) is 6.71. The Balaban J connectivity index is 2.54. The molecule has 0 radical (unpaired) electrons. The van der Waals surface area contributed by atoms with Crippen molar-refractivity contribution in [1.29, 1.82) is 0 Å². The molecule has 1 aliphatic heterocycles. The molecule has 0 aromatic rings. The second-order valence-electron chi connectivity index (χ2n) is 5.44. The van der Waals surface area contributed by atoms with E-state index in [1.54, 1.807) is 7.11 Å². The molecule has 0 bridgehead atoms. The fourth-order valence-electron chi connectivity index (χ4n) is 2.69. The normalized spacial score (nSPS) is 25.4. The number of rotatable bonds is 7. The van der Waals surface area contributed by atoms with E-state index < -0.39 is 0 Å². The van der Waals surface area contributed by atoms with Crippen molar-refractivity contribution in [2.24, 2.45) is 5.73 Å². The second-order valence-corrected chi connectivity index (χ2v) is 5.44. The zero-order chi connectivity index (χ0) is 12.9. The van der Waals surface area contributed by atoms with E-state index in [1.807, 2.05) is 0 Å². The van der Waals surface area contributed by atoms with Gasteiger partial charge < -0.3 is 10.5 Å². The molecule has 2 unspecified atom stereocenters. The van der Waals surface area contributed by atoms with Crippen LogP contribution in [-0.4, -0.2) is 68.3 Å². The lowest BCUT2D eigenvalue weighted by Gasteiger charge is -2.40. The minimum Gasteiger partial charge on any atom is -0.383 e. The fraction of sp³-hybridized carbons (Fsp3) is 1.00. The Morgan fingerprint density at radius 2 is 2.24 bits per heavy atom. The Labute approximate surface area is 106 Å². The van der Waals surface area contributed by atoms with Crippen LogP contribution in [0, 0.1) is 0 Å². The van der Waals surface area contributed by atoms with E-state index >= 15 is 0 Å². The molecule has 4 nitrogen and oxygen atoms in total. The smallest absolute Gasteiger partial charge is 0.0656 e. The maximum Gasteiger partial charge on any atom is 0.0656 e. The zero-order valence-electron chi connectivity index (χ0n) is 11.9. The third-order valence-electron chi connectivity index (χ3n) is 4.21. The van der Waals surface area contributed by atoms with Crippen LogP contribution in [0.2, 0.25) is 0 Å². The molecule has 102 valence electrons. The Bertz CT molecular complexity index is 225. The standard InChI is InChI=1S/C13H29N3O/c1-5-16-8-6-7-12(16)9-15(3)13(2,10-14)11-17-4/h12H,5-11,14H2,1-4H3. The SMILES string of the molecule is CCN1CCCC1CN(C)C(C)(CN)COC. The van der Waals surface area contributed by atoms with Gasteiger partial charge in [0, 0.05) is 26.2 Å². The molecular formula is C13H29N3O. The summed E-state index contributed by atoms with van der Waals surface area (Å²) in [4.78, 5) is 4.94. The highest BCUT2D eigenvalue weighted by Gasteiger charge is 2.32. The Kier molecular flexibility index (Phi) is 5.86. The van der Waals surface area contributed by atoms with Gasteiger partial charge in [-0.15, -0.1) is 0 Å². The van der Waals surface area contributed by atoms with Gasteiger partial charge >= 0.3 is 0 Å². The lowest BCUT2D eigenvalue weighted by molar-refractivity contribution is 0.0301. The topological polar surface area (TPSA) is 41.7 Å². The maximum absolute atomic E-state index is 5.90. The zero-order valence-corrected chi connectivity index (χ0v) is 11.9. The van der Waals surface area contributed by atoms with Crippen LogP contribution < -0.4 is 5.73 Å². The molecule has 1 aliphatic rings. The van der Waals surface area contributed by atoms with Crippen LogP contribution in [-0.2, 0) is 4.74 Å². The van der Waals surface area contributed by atoms with E-state index in [0.29, 0.717) is 19.2 Å². The molecule has 0 amide bonds. The Morgan fingerprint density at radius 1 is 1.53 bits per heavy atom. The lowest BCUT2D eigenvalue weighted by Crippen LogP contribution is -2.56. The van der Waals surface area contributed by atoms with Crippen LogP contribution in [0.1, 0.15) is 26.7 Å². The van der Waals surface area contributed by atoms with Crippen molar-refractivity contribution in [3.8, 4) is 0 Å². The summed E-state index contributed by atoms with van der Waals surface area (Å²) in [7, 11) is 3.91. The molecule has 1 heterocycles. The van der Waals surface area contributed by atoms with Gasteiger partial charge in [-0.25, -0.2) is 0 Å². The van der Waals surface area contributed by atoms with Crippen molar-refractivity contribution in [2.75, 3.05) is 46.9 Å². The highest BCUT2D eigenvalue weighted by atomic mass is 16.5. The van der Waals surface area contributed by atoms with E-state index in [2.05, 4.69) is 30.7 Å². The predicted molar refractivity (Wildman–Crippen MR) is 72.2 cm³/mol. The third-order valence-corrected chi connectivity index (χ3v) is 4.21. The average molecular weight is 243 g/mol. The number of methoxy groups -OCH3 is 1. The van der Waals surface area contributed by atoms with Crippen molar-refractivity contribution >= 4 is 0 Å². The van der Waals surface area contributed by atoms with Gasteiger partial charge in [0.15, 0.2) is 0 Å². The minimum atomic E-state index is -0.0449. The van der Waals surface area contributed by atoms with Crippen LogP contribution in [0.5, 0.6) is 0 Å². The van der Waals surface area contributed by atoms with Gasteiger partial charge in [-0.3, -0.25) is 9.80 Å². The van der Waals surface area contributed by atoms with Crippen LogP contribution in [0.4, 0.5) is 0 Å². The summed E-state index contributed by atoms with van der Waals surface area (Å²) in [5.74, 6) is 0. The van der Waals surface area contributed by atoms with Gasteiger partial charge in [-0.1, -0.05) is 6.92 Å². The van der Waals surface area contributed by atoms with Gasteiger partial charge in [-0.05, 0) is 39.9 Å². The van der Waals surface area contributed by atoms with Crippen LogP contribution in [0.15, 0.2) is 0 Å². The number of hydrogen-bond acceptors (Lipinski definition) is 4. The lowest BCUT2D eigenvalue weighted by atomic mass is 10.0. The Morgan fingerprint density at radius 3 is 2.76 bits per heavy atom. The highest BCUT2D eigenvalue weighted by molar-refractivity contribution is 4.89. The van der Waals surface area contributed by atoms with Crippen LogP contribution in [0.3, 0.4) is 0 Å². The quantitative estimate of drug-likeness (QED) is 0.717. The summed E-state index contributed by atoms with van der Waals surface area (Å²) in [5, 5.41) is 0. The first kappa shape index (κ1) is 14.9. The fourth-order valence-corrected chi connectivity index (χ4v) is 2.69. The summed E-state index contributed by atoms with van der Waals surface area (Å²) >= 11 is 0. The van der Waals surface area contributed by atoms with Gasteiger partial charge in [0.25, 0.3) is 0 Å². The number of nitrogens with two attached hydrogens (primary N) is 1. The molecule has 1 fully saturated rings. The van der Waals surface area contributed by atoms with Crippen LogP contribution in [0.25, 0.3) is 0 Å². The molecule has 4 heteroatoms. The third kappa shape index (κ3) is 3.65. The summed E-state index contributed by atoms with van der Waals surface area (Å²) in [6.07, 6.45) is 2.64. The van der Waals surface area contributed by atoms with Gasteiger partial charge in [-0.2, -0.15) is 0 Å². The summed E-state index contributed by atoms with van der Waals surface area (Å²) in [6, 6.07) is 0.688. The van der Waals surface area contributed by atoms with Crippen molar-refractivity contribution in [3.63, 3.8) is 0 Å². The van der Waals surface area contributed by atoms with E-state index in [-0.39, 0.29) is 5.54 Å². The maximum atomic E-state index is 5.90.